The molecule has 0 radical (unpaired) electrons. The maximum Gasteiger partial charge on any atom is 1.00 e. The van der Waals surface area contributed by atoms with Crippen LogP contribution in [-0.4, -0.2) is 38.3 Å². The van der Waals surface area contributed by atoms with Crippen LogP contribution in [0.1, 0.15) is 1.43 Å². The Bertz CT molecular complexity index is 321. The van der Waals surface area contributed by atoms with E-state index in [0.717, 1.165) is 0 Å². The standard InChI is InChI=1S/CH4O6S2.BF4/c2-8(3,4)1-9(5,6)7;2-1(3,4)5/h1H2,(H,2,3,4)(H,5,6,7);/q;-1/p+1. The van der Waals surface area contributed by atoms with Gasteiger partial charge < -0.3 is 17.3 Å². The van der Waals surface area contributed by atoms with Crippen molar-refractivity contribution in [1.82, 2.24) is 0 Å². The highest BCUT2D eigenvalue weighted by Gasteiger charge is 2.20. The number of hydrogen-bond donors (Lipinski definition) is 2. The Morgan fingerprint density at radius 2 is 1.07 bits per heavy atom. The van der Waals surface area contributed by atoms with Crippen LogP contribution in [0.3, 0.4) is 0 Å². The summed E-state index contributed by atoms with van der Waals surface area (Å²) in [4.78, 5) is 0. The van der Waals surface area contributed by atoms with Crippen LogP contribution in [0, 0.1) is 0 Å². The predicted molar refractivity (Wildman–Crippen MR) is 39.3 cm³/mol. The lowest BCUT2D eigenvalue weighted by Crippen LogP contribution is -2.13. The maximum absolute atomic E-state index is 9.75. The first kappa shape index (κ1) is 16.1. The zero-order valence-electron chi connectivity index (χ0n) is 7.14. The zero-order chi connectivity index (χ0) is 12.2. The SMILES string of the molecule is F[B-](F)(F)F.O=S(=O)(O)CS(=O)(=O)O.[H+]. The van der Waals surface area contributed by atoms with Gasteiger partial charge in [-0.1, -0.05) is 0 Å². The van der Waals surface area contributed by atoms with Crippen molar-refractivity contribution in [2.45, 2.75) is 0 Å². The van der Waals surface area contributed by atoms with Crippen molar-refractivity contribution < 1.29 is 44.6 Å². The van der Waals surface area contributed by atoms with Gasteiger partial charge in [0.05, 0.1) is 0 Å². The van der Waals surface area contributed by atoms with Crippen molar-refractivity contribution in [3.8, 4) is 0 Å². The average Bonchev–Trinajstić information content (AvgIpc) is 1.42. The highest BCUT2D eigenvalue weighted by atomic mass is 32.3. The third kappa shape index (κ3) is 41.5. The van der Waals surface area contributed by atoms with Crippen molar-refractivity contribution in [3.05, 3.63) is 0 Å². The summed E-state index contributed by atoms with van der Waals surface area (Å²) < 4.78 is 93.2. The molecule has 0 saturated heterocycles. The predicted octanol–water partition coefficient (Wildman–Crippen LogP) is 0.132. The fourth-order valence-electron chi connectivity index (χ4n) is 0.188. The van der Waals surface area contributed by atoms with Gasteiger partial charge in [0.1, 0.15) is 0 Å². The summed E-state index contributed by atoms with van der Waals surface area (Å²) in [6.07, 6.45) is 0. The summed E-state index contributed by atoms with van der Waals surface area (Å²) in [6, 6.07) is 0. The average molecular weight is 264 g/mol. The molecular formula is CH5BF4O6S2. The van der Waals surface area contributed by atoms with Crippen LogP contribution in [-0.2, 0) is 20.2 Å². The quantitative estimate of drug-likeness (QED) is 0.417. The first-order valence-electron chi connectivity index (χ1n) is 2.48. The van der Waals surface area contributed by atoms with E-state index in [-0.39, 0.29) is 1.43 Å². The molecule has 0 spiro atoms. The fraction of sp³-hybridized carbons (Fsp3) is 1.00. The summed E-state index contributed by atoms with van der Waals surface area (Å²) in [5.41, 5.74) is 0. The first-order chi connectivity index (χ1) is 5.71. The van der Waals surface area contributed by atoms with Gasteiger partial charge in [-0.15, -0.1) is 0 Å². The molecule has 0 aliphatic heterocycles. The lowest BCUT2D eigenvalue weighted by Gasteiger charge is -1.94. The van der Waals surface area contributed by atoms with Crippen LogP contribution in [0.15, 0.2) is 0 Å². The van der Waals surface area contributed by atoms with Crippen LogP contribution in [0.25, 0.3) is 0 Å². The number of halogens is 4. The molecule has 0 heterocycles. The molecule has 0 unspecified atom stereocenters. The van der Waals surface area contributed by atoms with E-state index in [1.807, 2.05) is 0 Å². The Balaban J connectivity index is -0.000000208. The molecule has 6 nitrogen and oxygen atoms in total. The van der Waals surface area contributed by atoms with Gasteiger partial charge in [0.2, 0.25) is 5.08 Å². The molecule has 2 N–H and O–H groups in total. The molecule has 13 heteroatoms. The van der Waals surface area contributed by atoms with E-state index in [4.69, 9.17) is 9.11 Å². The first-order valence-corrected chi connectivity index (χ1v) is 5.70. The second kappa shape index (κ2) is 4.90. The van der Waals surface area contributed by atoms with Crippen LogP contribution in [0.4, 0.5) is 17.3 Å². The Labute approximate surface area is 78.0 Å². The van der Waals surface area contributed by atoms with Gasteiger partial charge >= 0.3 is 8.68 Å². The second-order valence-corrected chi connectivity index (χ2v) is 5.05. The van der Waals surface area contributed by atoms with Crippen molar-refractivity contribution in [1.29, 1.82) is 0 Å². The molecule has 0 atom stereocenters. The van der Waals surface area contributed by atoms with Gasteiger partial charge in [-0.2, -0.15) is 16.8 Å². The lowest BCUT2D eigenvalue weighted by molar-refractivity contribution is 0.368. The van der Waals surface area contributed by atoms with E-state index in [1.54, 1.807) is 0 Å². The monoisotopic (exact) mass is 264 g/mol. The molecule has 0 aromatic rings. The van der Waals surface area contributed by atoms with Crippen LogP contribution >= 0.6 is 0 Å². The normalized spacial score (nSPS) is 13.0. The molecule has 0 aliphatic carbocycles. The topological polar surface area (TPSA) is 109 Å². The van der Waals surface area contributed by atoms with E-state index < -0.39 is 32.6 Å². The Kier molecular flexibility index (Phi) is 5.62. The minimum absolute atomic E-state index is 0. The van der Waals surface area contributed by atoms with Crippen LogP contribution < -0.4 is 0 Å². The number of hydrogen-bond acceptors (Lipinski definition) is 4. The molecule has 0 aromatic carbocycles. The minimum Gasteiger partial charge on any atom is -0.418 e. The number of rotatable bonds is 2. The highest BCUT2D eigenvalue weighted by molar-refractivity contribution is 8.02. The van der Waals surface area contributed by atoms with Crippen LogP contribution in [0.2, 0.25) is 0 Å². The molecule has 88 valence electrons. The van der Waals surface area contributed by atoms with E-state index in [2.05, 4.69) is 0 Å². The Morgan fingerprint density at radius 1 is 0.929 bits per heavy atom. The molecule has 0 rings (SSSR count). The molecule has 0 saturated carbocycles. The molecular weight excluding hydrogens is 259 g/mol. The third-order valence-corrected chi connectivity index (χ3v) is 2.68. The van der Waals surface area contributed by atoms with Crippen molar-refractivity contribution in [3.63, 3.8) is 0 Å². The minimum atomic E-state index is -6.00. The van der Waals surface area contributed by atoms with Crippen molar-refractivity contribution >= 4 is 27.5 Å². The van der Waals surface area contributed by atoms with Gasteiger partial charge in [-0.05, 0) is 0 Å². The largest absolute Gasteiger partial charge is 1.00 e. The molecule has 0 amide bonds. The fourth-order valence-corrected chi connectivity index (χ4v) is 1.69. The van der Waals surface area contributed by atoms with Crippen molar-refractivity contribution in [2.24, 2.45) is 0 Å². The van der Waals surface area contributed by atoms with Gasteiger partial charge in [0.15, 0.2) is 0 Å². The second-order valence-electron chi connectivity index (χ2n) is 1.78. The Morgan fingerprint density at radius 3 is 1.07 bits per heavy atom. The Hall–Kier alpha value is -0.395. The van der Waals surface area contributed by atoms with E-state index >= 15 is 0 Å². The molecule has 14 heavy (non-hydrogen) atoms. The van der Waals surface area contributed by atoms with Crippen molar-refractivity contribution in [2.75, 3.05) is 5.08 Å². The van der Waals surface area contributed by atoms with Gasteiger partial charge in [0.25, 0.3) is 20.2 Å². The summed E-state index contributed by atoms with van der Waals surface area (Å²) in [5, 5.41) is -1.65. The highest BCUT2D eigenvalue weighted by Crippen LogP contribution is 2.06. The summed E-state index contributed by atoms with van der Waals surface area (Å²) in [6.45, 7) is 0. The molecule has 0 bridgehead atoms. The maximum atomic E-state index is 9.75. The summed E-state index contributed by atoms with van der Waals surface area (Å²) in [7, 11) is -15.2. The summed E-state index contributed by atoms with van der Waals surface area (Å²) >= 11 is 0. The van der Waals surface area contributed by atoms with Gasteiger partial charge in [0, 0.05) is 0 Å². The zero-order valence-corrected chi connectivity index (χ0v) is 7.77. The smallest absolute Gasteiger partial charge is 0.418 e. The summed E-state index contributed by atoms with van der Waals surface area (Å²) in [5.74, 6) is 0. The van der Waals surface area contributed by atoms with Gasteiger partial charge in [-0.25, -0.2) is 0 Å². The third-order valence-electron chi connectivity index (χ3n) is 0.298. The molecule has 0 aromatic heterocycles. The van der Waals surface area contributed by atoms with Crippen LogP contribution in [0.5, 0.6) is 0 Å². The lowest BCUT2D eigenvalue weighted by atomic mass is 10.3. The van der Waals surface area contributed by atoms with E-state index in [0.29, 0.717) is 0 Å². The van der Waals surface area contributed by atoms with E-state index in [1.165, 1.54) is 0 Å². The molecule has 0 fully saturated rings. The van der Waals surface area contributed by atoms with Gasteiger partial charge in [-0.3, -0.25) is 9.11 Å². The van der Waals surface area contributed by atoms with E-state index in [9.17, 15) is 34.1 Å². The molecule has 0 aliphatic rings.